The summed E-state index contributed by atoms with van der Waals surface area (Å²) in [5.41, 5.74) is 3.96. The number of rotatable bonds is 16. The lowest BCUT2D eigenvalue weighted by molar-refractivity contribution is -0.870. The van der Waals surface area contributed by atoms with E-state index in [0.29, 0.717) is 48.7 Å². The normalized spacial score (nSPS) is 11.0. The molecule has 0 atom stereocenters. The fraction of sp³-hybridized carbons (Fsp3) is 0.371. The predicted octanol–water partition coefficient (Wildman–Crippen LogP) is 3.84. The first-order valence-corrected chi connectivity index (χ1v) is 15.8. The van der Waals surface area contributed by atoms with Crippen molar-refractivity contribution >= 4 is 35.3 Å². The van der Waals surface area contributed by atoms with Crippen LogP contribution in [-0.4, -0.2) is 94.7 Å². The summed E-state index contributed by atoms with van der Waals surface area (Å²) in [6, 6.07) is 20.5. The number of quaternary nitrogens is 1. The monoisotopic (exact) mass is 645 g/mol. The highest BCUT2D eigenvalue weighted by Crippen LogP contribution is 2.12. The Balaban J connectivity index is 1.37. The standard InChI is InChI=1S/C35H48N8O4/c1-42(2)22-6-20-36-34(46)40-30-16-8-26(9-17-30)24-38-32(44)28-12-14-29(15-13-28)33(45)39-25-27-10-18-31(19-11-27)41-35(47)37-21-7-23-43(3,4)5/h8-19H,6-7,20-25H2,1-5H3,(H5-,36,37,38,39,40,41,44,45,46,47)/p+1. The molecule has 3 aromatic rings. The van der Waals surface area contributed by atoms with E-state index in [1.165, 1.54) is 0 Å². The van der Waals surface area contributed by atoms with Crippen LogP contribution in [-0.2, 0) is 13.1 Å². The maximum atomic E-state index is 12.7. The molecule has 12 heteroatoms. The van der Waals surface area contributed by atoms with Gasteiger partial charge in [-0.15, -0.1) is 0 Å². The van der Waals surface area contributed by atoms with E-state index in [-0.39, 0.29) is 23.9 Å². The third-order valence-corrected chi connectivity index (χ3v) is 7.10. The first-order chi connectivity index (χ1) is 22.4. The molecular formula is C35H49N8O4+. The van der Waals surface area contributed by atoms with E-state index in [2.05, 4.69) is 57.9 Å². The Bertz CT molecular complexity index is 1450. The smallest absolute Gasteiger partial charge is 0.319 e. The molecule has 3 aromatic carbocycles. The van der Waals surface area contributed by atoms with Gasteiger partial charge >= 0.3 is 12.1 Å². The number of nitrogens with one attached hydrogen (secondary N) is 6. The molecule has 0 bridgehead atoms. The Morgan fingerprint density at radius 1 is 0.574 bits per heavy atom. The minimum atomic E-state index is -0.261. The summed E-state index contributed by atoms with van der Waals surface area (Å²) in [7, 11) is 10.3. The topological polar surface area (TPSA) is 144 Å². The van der Waals surface area contributed by atoms with Crippen molar-refractivity contribution in [2.75, 3.05) is 72.1 Å². The number of carbonyl (C=O) groups excluding carboxylic acids is 4. The first kappa shape index (κ1) is 36.5. The van der Waals surface area contributed by atoms with Crippen molar-refractivity contribution in [3.8, 4) is 0 Å². The highest BCUT2D eigenvalue weighted by atomic mass is 16.2. The lowest BCUT2D eigenvalue weighted by Crippen LogP contribution is -2.38. The lowest BCUT2D eigenvalue weighted by atomic mass is 10.1. The van der Waals surface area contributed by atoms with E-state index in [0.717, 1.165) is 41.5 Å². The van der Waals surface area contributed by atoms with Gasteiger partial charge in [0.25, 0.3) is 11.8 Å². The highest BCUT2D eigenvalue weighted by molar-refractivity contribution is 5.97. The number of carbonyl (C=O) groups is 4. The SMILES string of the molecule is CN(C)CCCNC(=O)Nc1ccc(CNC(=O)c2ccc(C(=O)NCc3ccc(NC(=O)NCCC[N+](C)(C)C)cc3)cc2)cc1. The zero-order valence-electron chi connectivity index (χ0n) is 28.1. The zero-order chi connectivity index (χ0) is 34.2. The molecule has 0 aliphatic carbocycles. The van der Waals surface area contributed by atoms with Gasteiger partial charge in [0.15, 0.2) is 0 Å². The summed E-state index contributed by atoms with van der Waals surface area (Å²) < 4.78 is 0.849. The van der Waals surface area contributed by atoms with E-state index in [4.69, 9.17) is 0 Å². The predicted molar refractivity (Wildman–Crippen MR) is 186 cm³/mol. The molecule has 0 aliphatic heterocycles. The fourth-order valence-electron chi connectivity index (χ4n) is 4.46. The van der Waals surface area contributed by atoms with Gasteiger partial charge in [-0.05, 0) is 86.7 Å². The van der Waals surface area contributed by atoms with Crippen LogP contribution in [0.1, 0.15) is 44.7 Å². The molecular weight excluding hydrogens is 596 g/mol. The molecule has 252 valence electrons. The van der Waals surface area contributed by atoms with Crippen LogP contribution >= 0.6 is 0 Å². The first-order valence-electron chi connectivity index (χ1n) is 15.8. The van der Waals surface area contributed by atoms with Gasteiger partial charge in [-0.3, -0.25) is 9.59 Å². The largest absolute Gasteiger partial charge is 0.348 e. The maximum Gasteiger partial charge on any atom is 0.319 e. The number of anilines is 2. The Morgan fingerprint density at radius 2 is 0.979 bits per heavy atom. The fourth-order valence-corrected chi connectivity index (χ4v) is 4.46. The van der Waals surface area contributed by atoms with Crippen molar-refractivity contribution in [3.63, 3.8) is 0 Å². The molecule has 12 nitrogen and oxygen atoms in total. The highest BCUT2D eigenvalue weighted by Gasteiger charge is 2.11. The Labute approximate surface area is 277 Å². The number of hydrogen-bond acceptors (Lipinski definition) is 5. The Morgan fingerprint density at radius 3 is 1.36 bits per heavy atom. The average molecular weight is 646 g/mol. The minimum Gasteiger partial charge on any atom is -0.348 e. The van der Waals surface area contributed by atoms with E-state index >= 15 is 0 Å². The van der Waals surface area contributed by atoms with Gasteiger partial charge in [0.2, 0.25) is 0 Å². The van der Waals surface area contributed by atoms with Gasteiger partial charge in [-0.1, -0.05) is 24.3 Å². The molecule has 3 rings (SSSR count). The van der Waals surface area contributed by atoms with Crippen LogP contribution < -0.4 is 31.9 Å². The molecule has 0 saturated carbocycles. The average Bonchev–Trinajstić information content (AvgIpc) is 3.04. The third kappa shape index (κ3) is 14.4. The molecule has 0 radical (unpaired) electrons. The second-order valence-corrected chi connectivity index (χ2v) is 12.6. The molecule has 6 N–H and O–H groups in total. The third-order valence-electron chi connectivity index (χ3n) is 7.10. The molecule has 0 fully saturated rings. The number of nitrogens with zero attached hydrogens (tertiary/aromatic N) is 2. The van der Waals surface area contributed by atoms with Gasteiger partial charge in [-0.2, -0.15) is 0 Å². The molecule has 0 saturated heterocycles. The van der Waals surface area contributed by atoms with E-state index in [9.17, 15) is 19.2 Å². The number of amides is 6. The number of urea groups is 2. The van der Waals surface area contributed by atoms with Crippen molar-refractivity contribution in [1.29, 1.82) is 0 Å². The van der Waals surface area contributed by atoms with Crippen LogP contribution in [0.3, 0.4) is 0 Å². The van der Waals surface area contributed by atoms with Crippen molar-refractivity contribution < 1.29 is 23.7 Å². The minimum absolute atomic E-state index is 0.250. The maximum absolute atomic E-state index is 12.7. The second-order valence-electron chi connectivity index (χ2n) is 12.6. The lowest BCUT2D eigenvalue weighted by Gasteiger charge is -2.23. The molecule has 0 spiro atoms. The summed E-state index contributed by atoms with van der Waals surface area (Å²) in [6.45, 7) is 3.69. The Kier molecular flexibility index (Phi) is 14.2. The van der Waals surface area contributed by atoms with E-state index in [1.54, 1.807) is 48.5 Å². The van der Waals surface area contributed by atoms with Gasteiger partial charge in [0, 0.05) is 55.1 Å². The quantitative estimate of drug-likeness (QED) is 0.104. The van der Waals surface area contributed by atoms with Crippen molar-refractivity contribution in [2.45, 2.75) is 25.9 Å². The van der Waals surface area contributed by atoms with Gasteiger partial charge in [0.1, 0.15) is 0 Å². The van der Waals surface area contributed by atoms with Crippen molar-refractivity contribution in [1.82, 2.24) is 26.2 Å². The summed E-state index contributed by atoms with van der Waals surface area (Å²) in [5.74, 6) is -0.522. The van der Waals surface area contributed by atoms with Gasteiger partial charge in [0.05, 0.1) is 27.7 Å². The van der Waals surface area contributed by atoms with Crippen LogP contribution in [0.25, 0.3) is 0 Å². The number of benzene rings is 3. The van der Waals surface area contributed by atoms with E-state index < -0.39 is 0 Å². The van der Waals surface area contributed by atoms with Crippen LogP contribution in [0, 0.1) is 0 Å². The van der Waals surface area contributed by atoms with Gasteiger partial charge < -0.3 is 41.3 Å². The number of hydrogen-bond donors (Lipinski definition) is 6. The molecule has 0 unspecified atom stereocenters. The molecule has 0 aliphatic rings. The summed E-state index contributed by atoms with van der Waals surface area (Å²) >= 11 is 0. The zero-order valence-corrected chi connectivity index (χ0v) is 28.1. The summed E-state index contributed by atoms with van der Waals surface area (Å²) in [6.07, 6.45) is 1.76. The summed E-state index contributed by atoms with van der Waals surface area (Å²) in [4.78, 5) is 51.6. The molecule has 47 heavy (non-hydrogen) atoms. The van der Waals surface area contributed by atoms with Crippen molar-refractivity contribution in [3.05, 3.63) is 95.1 Å². The Hall–Kier alpha value is -4.94. The summed E-state index contributed by atoms with van der Waals surface area (Å²) in [5, 5.41) is 17.1. The van der Waals surface area contributed by atoms with Crippen LogP contribution in [0.4, 0.5) is 21.0 Å². The second kappa shape index (κ2) is 18.3. The molecule has 0 heterocycles. The van der Waals surface area contributed by atoms with Gasteiger partial charge in [-0.25, -0.2) is 9.59 Å². The van der Waals surface area contributed by atoms with Crippen LogP contribution in [0.15, 0.2) is 72.8 Å². The molecule has 0 aromatic heterocycles. The molecule has 6 amide bonds. The van der Waals surface area contributed by atoms with Crippen LogP contribution in [0.2, 0.25) is 0 Å². The van der Waals surface area contributed by atoms with E-state index in [1.807, 2.05) is 38.4 Å². The van der Waals surface area contributed by atoms with Crippen LogP contribution in [0.5, 0.6) is 0 Å². The van der Waals surface area contributed by atoms with Crippen molar-refractivity contribution in [2.24, 2.45) is 0 Å².